The number of aromatic amines is 1. The molecule has 0 unspecified atom stereocenters. The predicted molar refractivity (Wildman–Crippen MR) is 87.9 cm³/mol. The van der Waals surface area contributed by atoms with Crippen LogP contribution in [0.4, 0.5) is 0 Å². The average Bonchev–Trinajstić information content (AvgIpc) is 2.89. The molecule has 0 saturated heterocycles. The number of aromatic nitrogens is 4. The molecule has 7 heteroatoms. The van der Waals surface area contributed by atoms with Crippen molar-refractivity contribution in [2.45, 2.75) is 13.5 Å². The number of benzene rings is 1. The summed E-state index contributed by atoms with van der Waals surface area (Å²) < 4.78 is 2.30. The lowest BCUT2D eigenvalue weighted by atomic mass is 10.1. The molecule has 0 amide bonds. The third-order valence-electron chi connectivity index (χ3n) is 3.41. The molecule has 2 heterocycles. The van der Waals surface area contributed by atoms with E-state index in [4.69, 9.17) is 17.3 Å². The van der Waals surface area contributed by atoms with Gasteiger partial charge in [0.05, 0.1) is 12.1 Å². The van der Waals surface area contributed by atoms with Crippen LogP contribution in [0.1, 0.15) is 21.5 Å². The standard InChI is InChI=1S/C16H14N4O2S/c1-10-5-13(8-17-7-10)14-18-19-16(23)20(14)9-11-3-2-4-12(6-11)15(21)22/h2-8H,9H2,1H3,(H,19,23)(H,21,22). The van der Waals surface area contributed by atoms with E-state index >= 15 is 0 Å². The number of H-pyrrole nitrogens is 1. The van der Waals surface area contributed by atoms with Crippen molar-refractivity contribution in [2.24, 2.45) is 0 Å². The van der Waals surface area contributed by atoms with Crippen LogP contribution >= 0.6 is 12.2 Å². The number of carboxylic acids is 1. The van der Waals surface area contributed by atoms with Crippen molar-refractivity contribution in [2.75, 3.05) is 0 Å². The molecule has 0 aliphatic carbocycles. The zero-order valence-electron chi connectivity index (χ0n) is 12.4. The molecular formula is C16H14N4O2S. The second kappa shape index (κ2) is 6.13. The number of hydrogen-bond donors (Lipinski definition) is 2. The number of hydrogen-bond acceptors (Lipinski definition) is 4. The quantitative estimate of drug-likeness (QED) is 0.720. The Morgan fingerprint density at radius 2 is 2.17 bits per heavy atom. The maximum Gasteiger partial charge on any atom is 0.335 e. The van der Waals surface area contributed by atoms with Crippen LogP contribution in [0.15, 0.2) is 42.7 Å². The molecule has 116 valence electrons. The summed E-state index contributed by atoms with van der Waals surface area (Å²) in [5.74, 6) is -0.280. The molecule has 0 saturated carbocycles. The third-order valence-corrected chi connectivity index (χ3v) is 3.72. The lowest BCUT2D eigenvalue weighted by molar-refractivity contribution is 0.0696. The molecular weight excluding hydrogens is 312 g/mol. The Bertz CT molecular complexity index is 930. The number of nitrogens with one attached hydrogen (secondary N) is 1. The lowest BCUT2D eigenvalue weighted by Crippen LogP contribution is -2.04. The minimum absolute atomic E-state index is 0.247. The van der Waals surface area contributed by atoms with Gasteiger partial charge in [-0.15, -0.1) is 0 Å². The van der Waals surface area contributed by atoms with Crippen molar-refractivity contribution >= 4 is 18.2 Å². The minimum atomic E-state index is -0.953. The van der Waals surface area contributed by atoms with E-state index in [0.29, 0.717) is 17.1 Å². The van der Waals surface area contributed by atoms with Crippen LogP contribution in [-0.2, 0) is 6.54 Å². The average molecular weight is 326 g/mol. The maximum atomic E-state index is 11.1. The second-order valence-electron chi connectivity index (χ2n) is 5.20. The first-order valence-electron chi connectivity index (χ1n) is 6.94. The molecule has 2 aromatic heterocycles. The fraction of sp³-hybridized carbons (Fsp3) is 0.125. The van der Waals surface area contributed by atoms with Gasteiger partial charge in [0.2, 0.25) is 0 Å². The first-order chi connectivity index (χ1) is 11.0. The summed E-state index contributed by atoms with van der Waals surface area (Å²) in [6.07, 6.45) is 3.49. The van der Waals surface area contributed by atoms with Gasteiger partial charge in [-0.2, -0.15) is 5.10 Å². The zero-order valence-corrected chi connectivity index (χ0v) is 13.2. The Morgan fingerprint density at radius 1 is 1.35 bits per heavy atom. The van der Waals surface area contributed by atoms with Crippen LogP contribution in [0.25, 0.3) is 11.4 Å². The van der Waals surface area contributed by atoms with E-state index in [1.165, 1.54) is 0 Å². The summed E-state index contributed by atoms with van der Waals surface area (Å²) in [4.78, 5) is 15.3. The Morgan fingerprint density at radius 3 is 2.91 bits per heavy atom. The number of pyridine rings is 1. The van der Waals surface area contributed by atoms with E-state index in [2.05, 4.69) is 15.2 Å². The van der Waals surface area contributed by atoms with Gasteiger partial charge >= 0.3 is 5.97 Å². The summed E-state index contributed by atoms with van der Waals surface area (Å²) in [5, 5.41) is 16.2. The number of carbonyl (C=O) groups is 1. The topological polar surface area (TPSA) is 83.8 Å². The second-order valence-corrected chi connectivity index (χ2v) is 5.58. The molecule has 2 N–H and O–H groups in total. The van der Waals surface area contributed by atoms with Crippen LogP contribution in [0.3, 0.4) is 0 Å². The molecule has 3 rings (SSSR count). The Hall–Kier alpha value is -2.80. The van der Waals surface area contributed by atoms with Crippen molar-refractivity contribution in [1.29, 1.82) is 0 Å². The highest BCUT2D eigenvalue weighted by molar-refractivity contribution is 7.71. The monoisotopic (exact) mass is 326 g/mol. The maximum absolute atomic E-state index is 11.1. The van der Waals surface area contributed by atoms with Crippen molar-refractivity contribution < 1.29 is 9.90 Å². The minimum Gasteiger partial charge on any atom is -0.478 e. The molecule has 0 aliphatic heterocycles. The highest BCUT2D eigenvalue weighted by atomic mass is 32.1. The van der Waals surface area contributed by atoms with Crippen LogP contribution in [0, 0.1) is 11.7 Å². The summed E-state index contributed by atoms with van der Waals surface area (Å²) in [6, 6.07) is 8.75. The van der Waals surface area contributed by atoms with Crippen molar-refractivity contribution in [3.05, 3.63) is 64.2 Å². The van der Waals surface area contributed by atoms with Gasteiger partial charge in [0.15, 0.2) is 10.6 Å². The fourth-order valence-corrected chi connectivity index (χ4v) is 2.54. The number of carboxylic acid groups (broad SMARTS) is 1. The SMILES string of the molecule is Cc1cncc(-c2n[nH]c(=S)n2Cc2cccc(C(=O)O)c2)c1. The van der Waals surface area contributed by atoms with Gasteiger partial charge in [-0.1, -0.05) is 12.1 Å². The van der Waals surface area contributed by atoms with Gasteiger partial charge in [-0.3, -0.25) is 14.6 Å². The molecule has 0 radical (unpaired) electrons. The number of rotatable bonds is 4. The molecule has 0 spiro atoms. The number of aryl methyl sites for hydroxylation is 1. The lowest BCUT2D eigenvalue weighted by Gasteiger charge is -2.08. The predicted octanol–water partition coefficient (Wildman–Crippen LogP) is 3.06. The Balaban J connectivity index is 2.01. The van der Waals surface area contributed by atoms with Gasteiger partial charge in [0.1, 0.15) is 0 Å². The third kappa shape index (κ3) is 3.19. The van der Waals surface area contributed by atoms with Gasteiger partial charge in [0, 0.05) is 18.0 Å². The number of aromatic carboxylic acids is 1. The summed E-state index contributed by atoms with van der Waals surface area (Å²) >= 11 is 5.30. The first-order valence-corrected chi connectivity index (χ1v) is 7.35. The van der Waals surface area contributed by atoms with Crippen LogP contribution in [-0.4, -0.2) is 30.8 Å². The van der Waals surface area contributed by atoms with Gasteiger partial charge in [-0.05, 0) is 48.5 Å². The van der Waals surface area contributed by atoms with Gasteiger partial charge < -0.3 is 5.11 Å². The first kappa shape index (κ1) is 15.1. The Labute approximate surface area is 137 Å². The van der Waals surface area contributed by atoms with E-state index < -0.39 is 5.97 Å². The van der Waals surface area contributed by atoms with E-state index in [-0.39, 0.29) is 5.56 Å². The van der Waals surface area contributed by atoms with Crippen LogP contribution < -0.4 is 0 Å². The molecule has 23 heavy (non-hydrogen) atoms. The highest BCUT2D eigenvalue weighted by Crippen LogP contribution is 2.19. The van der Waals surface area contributed by atoms with Crippen molar-refractivity contribution in [3.63, 3.8) is 0 Å². The summed E-state index contributed by atoms with van der Waals surface area (Å²) in [7, 11) is 0. The van der Waals surface area contributed by atoms with E-state index in [9.17, 15) is 4.79 Å². The van der Waals surface area contributed by atoms with Crippen molar-refractivity contribution in [1.82, 2.24) is 19.7 Å². The molecule has 0 atom stereocenters. The summed E-state index contributed by atoms with van der Waals surface area (Å²) in [6.45, 7) is 2.39. The van der Waals surface area contributed by atoms with Gasteiger partial charge in [0.25, 0.3) is 0 Å². The molecule has 3 aromatic rings. The largest absolute Gasteiger partial charge is 0.478 e. The van der Waals surface area contributed by atoms with Gasteiger partial charge in [-0.25, -0.2) is 4.79 Å². The van der Waals surface area contributed by atoms with Crippen LogP contribution in [0.5, 0.6) is 0 Å². The normalized spacial score (nSPS) is 10.7. The molecule has 0 fully saturated rings. The molecule has 6 nitrogen and oxygen atoms in total. The molecule has 0 bridgehead atoms. The zero-order chi connectivity index (χ0) is 16.4. The van der Waals surface area contributed by atoms with E-state index in [1.54, 1.807) is 30.6 Å². The smallest absolute Gasteiger partial charge is 0.335 e. The summed E-state index contributed by atoms with van der Waals surface area (Å²) in [5.41, 5.74) is 2.96. The van der Waals surface area contributed by atoms with E-state index in [0.717, 1.165) is 16.7 Å². The molecule has 0 aliphatic rings. The molecule has 1 aromatic carbocycles. The van der Waals surface area contributed by atoms with E-state index in [1.807, 2.05) is 23.6 Å². The van der Waals surface area contributed by atoms with Crippen molar-refractivity contribution in [3.8, 4) is 11.4 Å². The Kier molecular flexibility index (Phi) is 4.03. The number of nitrogens with zero attached hydrogens (tertiary/aromatic N) is 3. The highest BCUT2D eigenvalue weighted by Gasteiger charge is 2.11. The fourth-order valence-electron chi connectivity index (χ4n) is 2.35. The van der Waals surface area contributed by atoms with Crippen LogP contribution in [0.2, 0.25) is 0 Å².